The second-order valence-electron chi connectivity index (χ2n) is 4.80. The van der Waals surface area contributed by atoms with Crippen LogP contribution in [0.3, 0.4) is 0 Å². The molecule has 0 bridgehead atoms. The van der Waals surface area contributed by atoms with Gasteiger partial charge in [0.2, 0.25) is 0 Å². The van der Waals surface area contributed by atoms with Gasteiger partial charge >= 0.3 is 0 Å². The van der Waals surface area contributed by atoms with E-state index in [0.29, 0.717) is 28.0 Å². The number of halogens is 3. The zero-order chi connectivity index (χ0) is 15.4. The summed E-state index contributed by atoms with van der Waals surface area (Å²) in [7, 11) is 0. The Hall–Kier alpha value is -1.46. The molecule has 0 saturated carbocycles. The topological polar surface area (TPSA) is 35.2 Å². The molecular formula is C16H16BrF2NO. The highest BCUT2D eigenvalue weighted by Gasteiger charge is 2.12. The van der Waals surface area contributed by atoms with Crippen LogP contribution in [0.25, 0.3) is 0 Å². The van der Waals surface area contributed by atoms with E-state index in [0.717, 1.165) is 6.42 Å². The van der Waals surface area contributed by atoms with Crippen molar-refractivity contribution in [3.8, 4) is 11.5 Å². The van der Waals surface area contributed by atoms with Crippen molar-refractivity contribution in [3.05, 3.63) is 58.1 Å². The molecule has 5 heteroatoms. The fraction of sp³-hybridized carbons (Fsp3) is 0.250. The van der Waals surface area contributed by atoms with Gasteiger partial charge in [0.1, 0.15) is 23.1 Å². The number of benzene rings is 2. The second kappa shape index (κ2) is 7.00. The maximum absolute atomic E-state index is 13.4. The van der Waals surface area contributed by atoms with Crippen LogP contribution in [0.1, 0.15) is 18.9 Å². The van der Waals surface area contributed by atoms with E-state index in [-0.39, 0.29) is 11.9 Å². The summed E-state index contributed by atoms with van der Waals surface area (Å²) in [5.74, 6) is 0.0700. The quantitative estimate of drug-likeness (QED) is 0.835. The fourth-order valence-corrected chi connectivity index (χ4v) is 2.24. The van der Waals surface area contributed by atoms with Gasteiger partial charge in [-0.1, -0.05) is 6.92 Å². The van der Waals surface area contributed by atoms with Crippen LogP contribution in [0.15, 0.2) is 40.9 Å². The highest BCUT2D eigenvalue weighted by molar-refractivity contribution is 9.10. The SMILES string of the molecule is CCC(N)Cc1cc(F)ccc1Oc1cc(F)ccc1Br. The Morgan fingerprint density at radius 1 is 1.10 bits per heavy atom. The lowest BCUT2D eigenvalue weighted by atomic mass is 10.0. The van der Waals surface area contributed by atoms with Crippen molar-refractivity contribution in [1.82, 2.24) is 0 Å². The first-order valence-electron chi connectivity index (χ1n) is 6.66. The summed E-state index contributed by atoms with van der Waals surface area (Å²) in [4.78, 5) is 0. The Kier molecular flexibility index (Phi) is 5.31. The number of nitrogens with two attached hydrogens (primary N) is 1. The summed E-state index contributed by atoms with van der Waals surface area (Å²) in [5, 5.41) is 0. The van der Waals surface area contributed by atoms with E-state index in [1.807, 2.05) is 6.92 Å². The second-order valence-corrected chi connectivity index (χ2v) is 5.66. The van der Waals surface area contributed by atoms with Gasteiger partial charge in [0, 0.05) is 12.1 Å². The van der Waals surface area contributed by atoms with Gasteiger partial charge in [-0.3, -0.25) is 0 Å². The van der Waals surface area contributed by atoms with Crippen LogP contribution in [0.4, 0.5) is 8.78 Å². The van der Waals surface area contributed by atoms with E-state index in [1.54, 1.807) is 6.07 Å². The molecule has 2 nitrogen and oxygen atoms in total. The predicted molar refractivity (Wildman–Crippen MR) is 82.5 cm³/mol. The number of ether oxygens (including phenoxy) is 1. The van der Waals surface area contributed by atoms with Crippen molar-refractivity contribution in [2.45, 2.75) is 25.8 Å². The maximum atomic E-state index is 13.4. The minimum Gasteiger partial charge on any atom is -0.456 e. The van der Waals surface area contributed by atoms with Crippen LogP contribution in [0.5, 0.6) is 11.5 Å². The average molecular weight is 356 g/mol. The zero-order valence-electron chi connectivity index (χ0n) is 11.6. The van der Waals surface area contributed by atoms with Crippen molar-refractivity contribution < 1.29 is 13.5 Å². The minimum atomic E-state index is -0.401. The molecule has 0 amide bonds. The first-order valence-corrected chi connectivity index (χ1v) is 7.45. The van der Waals surface area contributed by atoms with E-state index in [4.69, 9.17) is 10.5 Å². The molecule has 0 radical (unpaired) electrons. The van der Waals surface area contributed by atoms with Crippen LogP contribution in [0.2, 0.25) is 0 Å². The van der Waals surface area contributed by atoms with E-state index in [9.17, 15) is 8.78 Å². The molecule has 0 fully saturated rings. The summed E-state index contributed by atoms with van der Waals surface area (Å²) in [6.45, 7) is 1.97. The van der Waals surface area contributed by atoms with E-state index in [1.165, 1.54) is 30.3 Å². The highest BCUT2D eigenvalue weighted by atomic mass is 79.9. The third kappa shape index (κ3) is 4.25. The molecule has 2 rings (SSSR count). The number of hydrogen-bond acceptors (Lipinski definition) is 2. The molecule has 0 aromatic heterocycles. The van der Waals surface area contributed by atoms with Crippen molar-refractivity contribution in [2.24, 2.45) is 5.73 Å². The van der Waals surface area contributed by atoms with Crippen molar-refractivity contribution in [1.29, 1.82) is 0 Å². The van der Waals surface area contributed by atoms with Gasteiger partial charge in [-0.05, 0) is 64.7 Å². The van der Waals surface area contributed by atoms with Crippen LogP contribution in [-0.2, 0) is 6.42 Å². The minimum absolute atomic E-state index is 0.0786. The molecule has 1 atom stereocenters. The van der Waals surface area contributed by atoms with Crippen molar-refractivity contribution in [3.63, 3.8) is 0 Å². The van der Waals surface area contributed by atoms with Gasteiger partial charge in [-0.2, -0.15) is 0 Å². The molecule has 1 unspecified atom stereocenters. The van der Waals surface area contributed by atoms with Crippen LogP contribution >= 0.6 is 15.9 Å². The Morgan fingerprint density at radius 2 is 1.76 bits per heavy atom. The number of rotatable bonds is 5. The van der Waals surface area contributed by atoms with Gasteiger partial charge in [0.05, 0.1) is 4.47 Å². The Balaban J connectivity index is 2.32. The zero-order valence-corrected chi connectivity index (χ0v) is 13.2. The smallest absolute Gasteiger partial charge is 0.144 e. The fourth-order valence-electron chi connectivity index (χ4n) is 1.91. The lowest BCUT2D eigenvalue weighted by molar-refractivity contribution is 0.461. The monoisotopic (exact) mass is 355 g/mol. The summed E-state index contributed by atoms with van der Waals surface area (Å²) in [6.07, 6.45) is 1.27. The van der Waals surface area contributed by atoms with Crippen molar-refractivity contribution in [2.75, 3.05) is 0 Å². The van der Waals surface area contributed by atoms with E-state index in [2.05, 4.69) is 15.9 Å². The molecular weight excluding hydrogens is 340 g/mol. The number of hydrogen-bond donors (Lipinski definition) is 1. The van der Waals surface area contributed by atoms with Gasteiger partial charge < -0.3 is 10.5 Å². The molecule has 0 aliphatic carbocycles. The van der Waals surface area contributed by atoms with Gasteiger partial charge in [0.15, 0.2) is 0 Å². The van der Waals surface area contributed by atoms with Crippen LogP contribution in [0, 0.1) is 11.6 Å². The molecule has 0 aliphatic heterocycles. The van der Waals surface area contributed by atoms with Crippen LogP contribution in [-0.4, -0.2) is 6.04 Å². The van der Waals surface area contributed by atoms with Gasteiger partial charge in [0.25, 0.3) is 0 Å². The molecule has 21 heavy (non-hydrogen) atoms. The van der Waals surface area contributed by atoms with E-state index < -0.39 is 5.82 Å². The lowest BCUT2D eigenvalue weighted by Gasteiger charge is -2.15. The molecule has 112 valence electrons. The van der Waals surface area contributed by atoms with Crippen molar-refractivity contribution >= 4 is 15.9 Å². The third-order valence-electron chi connectivity index (χ3n) is 3.14. The molecule has 0 saturated heterocycles. The van der Waals surface area contributed by atoms with Gasteiger partial charge in [-0.25, -0.2) is 8.78 Å². The standard InChI is InChI=1S/C16H16BrF2NO/c1-2-13(20)8-10-7-11(18)4-6-15(10)21-16-9-12(19)3-5-14(16)17/h3-7,9,13H,2,8,20H2,1H3. The summed E-state index contributed by atoms with van der Waals surface area (Å²) in [6, 6.07) is 8.33. The maximum Gasteiger partial charge on any atom is 0.144 e. The molecule has 2 aromatic rings. The third-order valence-corrected chi connectivity index (χ3v) is 3.80. The largest absolute Gasteiger partial charge is 0.456 e. The first-order chi connectivity index (χ1) is 9.99. The Labute approximate surface area is 131 Å². The molecule has 2 aromatic carbocycles. The summed E-state index contributed by atoms with van der Waals surface area (Å²) < 4.78 is 33.1. The molecule has 0 heterocycles. The highest BCUT2D eigenvalue weighted by Crippen LogP contribution is 2.33. The predicted octanol–water partition coefficient (Wildman–Crippen LogP) is 4.80. The van der Waals surface area contributed by atoms with E-state index >= 15 is 0 Å². The first kappa shape index (κ1) is 15.9. The average Bonchev–Trinajstić information content (AvgIpc) is 2.45. The normalized spacial score (nSPS) is 12.2. The van der Waals surface area contributed by atoms with Crippen LogP contribution < -0.4 is 10.5 Å². The molecule has 0 aliphatic rings. The van der Waals surface area contributed by atoms with Gasteiger partial charge in [-0.15, -0.1) is 0 Å². The summed E-state index contributed by atoms with van der Waals surface area (Å²) >= 11 is 3.30. The lowest BCUT2D eigenvalue weighted by Crippen LogP contribution is -2.21. The Morgan fingerprint density at radius 3 is 2.48 bits per heavy atom. The summed E-state index contributed by atoms with van der Waals surface area (Å²) in [5.41, 5.74) is 6.59. The Bertz CT molecular complexity index is 634. The molecule has 0 spiro atoms. The molecule has 2 N–H and O–H groups in total.